The third-order valence-corrected chi connectivity index (χ3v) is 5.81. The Hall–Kier alpha value is -3.12. The minimum atomic E-state index is -0.551. The molecule has 0 aliphatic heterocycles. The number of aromatic nitrogens is 1. The molecule has 0 aliphatic carbocycles. The lowest BCUT2D eigenvalue weighted by atomic mass is 9.98. The van der Waals surface area contributed by atoms with E-state index in [-0.39, 0.29) is 0 Å². The Morgan fingerprint density at radius 3 is 2.46 bits per heavy atom. The van der Waals surface area contributed by atoms with Gasteiger partial charge in [-0.15, -0.1) is 0 Å². The van der Waals surface area contributed by atoms with Crippen LogP contribution in [0.25, 0.3) is 21.9 Å². The number of hydrogen-bond acceptors (Lipinski definition) is 5. The zero-order valence-corrected chi connectivity index (χ0v) is 22.0. The molecule has 35 heavy (non-hydrogen) atoms. The van der Waals surface area contributed by atoms with Gasteiger partial charge in [-0.25, -0.2) is 9.78 Å². The van der Waals surface area contributed by atoms with Gasteiger partial charge in [0.25, 0.3) is 0 Å². The SMILES string of the molecule is CCCN(C)CCCC(C)Nc1ccc(-c2ccc(NC(=O)OC(C)(C)C)c3ccccc23)cn1. The molecule has 0 radical (unpaired) electrons. The molecule has 0 fully saturated rings. The number of benzene rings is 2. The van der Waals surface area contributed by atoms with Crippen molar-refractivity contribution >= 4 is 28.4 Å². The van der Waals surface area contributed by atoms with Crippen LogP contribution in [0.3, 0.4) is 0 Å². The summed E-state index contributed by atoms with van der Waals surface area (Å²) in [6, 6.07) is 16.5. The number of nitrogens with zero attached hydrogens (tertiary/aromatic N) is 2. The average molecular weight is 477 g/mol. The van der Waals surface area contributed by atoms with Gasteiger partial charge in [-0.3, -0.25) is 5.32 Å². The van der Waals surface area contributed by atoms with Gasteiger partial charge >= 0.3 is 6.09 Å². The second-order valence-electron chi connectivity index (χ2n) is 10.3. The van der Waals surface area contributed by atoms with Gasteiger partial charge in [0, 0.05) is 23.2 Å². The fourth-order valence-electron chi connectivity index (χ4n) is 4.20. The molecule has 188 valence electrons. The summed E-state index contributed by atoms with van der Waals surface area (Å²) in [5.74, 6) is 0.885. The summed E-state index contributed by atoms with van der Waals surface area (Å²) in [6.07, 6.45) is 4.91. The summed E-state index contributed by atoms with van der Waals surface area (Å²) in [7, 11) is 2.19. The smallest absolute Gasteiger partial charge is 0.412 e. The maximum absolute atomic E-state index is 12.3. The molecule has 6 heteroatoms. The van der Waals surface area contributed by atoms with E-state index in [4.69, 9.17) is 4.74 Å². The van der Waals surface area contributed by atoms with Crippen LogP contribution >= 0.6 is 0 Å². The van der Waals surface area contributed by atoms with Crippen molar-refractivity contribution in [3.63, 3.8) is 0 Å². The second kappa shape index (κ2) is 12.0. The monoisotopic (exact) mass is 476 g/mol. The summed E-state index contributed by atoms with van der Waals surface area (Å²) in [6.45, 7) is 12.3. The zero-order valence-electron chi connectivity index (χ0n) is 22.0. The lowest BCUT2D eigenvalue weighted by Crippen LogP contribution is -2.27. The molecule has 1 unspecified atom stereocenters. The lowest BCUT2D eigenvalue weighted by molar-refractivity contribution is 0.0636. The minimum Gasteiger partial charge on any atom is -0.444 e. The molecule has 1 aromatic heterocycles. The van der Waals surface area contributed by atoms with Gasteiger partial charge in [0.1, 0.15) is 11.4 Å². The summed E-state index contributed by atoms with van der Waals surface area (Å²) >= 11 is 0. The van der Waals surface area contributed by atoms with E-state index in [0.717, 1.165) is 52.9 Å². The van der Waals surface area contributed by atoms with E-state index in [1.807, 2.05) is 63.4 Å². The van der Waals surface area contributed by atoms with Gasteiger partial charge in [0.15, 0.2) is 0 Å². The number of ether oxygens (including phenoxy) is 1. The van der Waals surface area contributed by atoms with E-state index in [2.05, 4.69) is 53.5 Å². The van der Waals surface area contributed by atoms with Crippen LogP contribution in [-0.2, 0) is 4.74 Å². The standard InChI is InChI=1S/C29H40N4O2/c1-7-18-33(6)19-10-11-21(2)31-27-17-14-22(20-30-27)23-15-16-26(25-13-9-8-12-24(23)25)32-28(34)35-29(3,4)5/h8-9,12-17,20-21H,7,10-11,18-19H2,1-6H3,(H,30,31)(H,32,34). The molecule has 3 aromatic rings. The van der Waals surface area contributed by atoms with Crippen LogP contribution < -0.4 is 10.6 Å². The van der Waals surface area contributed by atoms with Crippen molar-refractivity contribution < 1.29 is 9.53 Å². The molecule has 2 aromatic carbocycles. The highest BCUT2D eigenvalue weighted by molar-refractivity contribution is 6.06. The van der Waals surface area contributed by atoms with Crippen LogP contribution in [0.4, 0.5) is 16.3 Å². The van der Waals surface area contributed by atoms with E-state index < -0.39 is 11.7 Å². The second-order valence-corrected chi connectivity index (χ2v) is 10.3. The number of nitrogens with one attached hydrogen (secondary N) is 2. The van der Waals surface area contributed by atoms with Crippen LogP contribution in [-0.4, -0.2) is 47.8 Å². The number of amides is 1. The van der Waals surface area contributed by atoms with Crippen LogP contribution in [0.1, 0.15) is 53.9 Å². The maximum atomic E-state index is 12.3. The predicted molar refractivity (Wildman–Crippen MR) is 147 cm³/mol. The summed E-state index contributed by atoms with van der Waals surface area (Å²) in [5.41, 5.74) is 2.28. The van der Waals surface area contributed by atoms with Crippen LogP contribution in [0.5, 0.6) is 0 Å². The molecule has 2 N–H and O–H groups in total. The highest BCUT2D eigenvalue weighted by Gasteiger charge is 2.17. The van der Waals surface area contributed by atoms with Crippen molar-refractivity contribution in [1.82, 2.24) is 9.88 Å². The van der Waals surface area contributed by atoms with Crippen molar-refractivity contribution in [3.8, 4) is 11.1 Å². The van der Waals surface area contributed by atoms with Gasteiger partial charge in [-0.1, -0.05) is 37.3 Å². The van der Waals surface area contributed by atoms with Crippen LogP contribution in [0, 0.1) is 0 Å². The summed E-state index contributed by atoms with van der Waals surface area (Å²) < 4.78 is 5.43. The highest BCUT2D eigenvalue weighted by atomic mass is 16.6. The topological polar surface area (TPSA) is 66.5 Å². The molecule has 0 saturated carbocycles. The molecular formula is C29H40N4O2. The van der Waals surface area contributed by atoms with Crippen molar-refractivity contribution in [2.24, 2.45) is 0 Å². The quantitative estimate of drug-likeness (QED) is 0.325. The van der Waals surface area contributed by atoms with Gasteiger partial charge < -0.3 is 15.0 Å². The number of carbonyl (C=O) groups excluding carboxylic acids is 1. The van der Waals surface area contributed by atoms with E-state index in [0.29, 0.717) is 6.04 Å². The van der Waals surface area contributed by atoms with E-state index in [1.54, 1.807) is 0 Å². The normalized spacial score (nSPS) is 12.5. The first-order chi connectivity index (χ1) is 16.7. The van der Waals surface area contributed by atoms with Gasteiger partial charge in [0.2, 0.25) is 0 Å². The molecule has 6 nitrogen and oxygen atoms in total. The molecular weight excluding hydrogens is 436 g/mol. The Morgan fingerprint density at radius 2 is 1.80 bits per heavy atom. The minimum absolute atomic E-state index is 0.363. The van der Waals surface area contributed by atoms with E-state index in [9.17, 15) is 4.79 Å². The number of fused-ring (bicyclic) bond motifs is 1. The number of hydrogen-bond donors (Lipinski definition) is 2. The zero-order chi connectivity index (χ0) is 25.4. The van der Waals surface area contributed by atoms with Gasteiger partial charge in [-0.2, -0.15) is 0 Å². The first-order valence-electron chi connectivity index (χ1n) is 12.6. The fourth-order valence-corrected chi connectivity index (χ4v) is 4.20. The molecule has 3 rings (SSSR count). The summed E-state index contributed by atoms with van der Waals surface area (Å²) in [4.78, 5) is 19.4. The molecule has 0 bridgehead atoms. The Labute approximate surface area is 210 Å². The Kier molecular flexibility index (Phi) is 9.10. The number of carbonyl (C=O) groups is 1. The van der Waals surface area contributed by atoms with Crippen molar-refractivity contribution in [3.05, 3.63) is 54.7 Å². The molecule has 1 atom stereocenters. The lowest BCUT2D eigenvalue weighted by Gasteiger charge is -2.20. The number of anilines is 2. The largest absolute Gasteiger partial charge is 0.444 e. The van der Waals surface area contributed by atoms with Crippen LogP contribution in [0.2, 0.25) is 0 Å². The van der Waals surface area contributed by atoms with Crippen molar-refractivity contribution in [1.29, 1.82) is 0 Å². The molecule has 1 heterocycles. The van der Waals surface area contributed by atoms with Gasteiger partial charge in [0.05, 0.1) is 5.69 Å². The van der Waals surface area contributed by atoms with Crippen LogP contribution in [0.15, 0.2) is 54.7 Å². The third kappa shape index (κ3) is 7.96. The molecule has 0 saturated heterocycles. The van der Waals surface area contributed by atoms with Crippen molar-refractivity contribution in [2.45, 2.75) is 65.5 Å². The van der Waals surface area contributed by atoms with E-state index in [1.165, 1.54) is 12.8 Å². The average Bonchev–Trinajstić information content (AvgIpc) is 2.79. The predicted octanol–water partition coefficient (Wildman–Crippen LogP) is 7.17. The van der Waals surface area contributed by atoms with Gasteiger partial charge in [-0.05, 0) is 96.2 Å². The Morgan fingerprint density at radius 1 is 1.06 bits per heavy atom. The number of rotatable bonds is 10. The third-order valence-electron chi connectivity index (χ3n) is 5.81. The first kappa shape index (κ1) is 26.5. The van der Waals surface area contributed by atoms with E-state index >= 15 is 0 Å². The van der Waals surface area contributed by atoms with Crippen molar-refractivity contribution in [2.75, 3.05) is 30.8 Å². The highest BCUT2D eigenvalue weighted by Crippen LogP contribution is 2.33. The maximum Gasteiger partial charge on any atom is 0.412 e. The Bertz CT molecular complexity index is 1110. The number of pyridine rings is 1. The fraction of sp³-hybridized carbons (Fsp3) is 0.448. The first-order valence-corrected chi connectivity index (χ1v) is 12.6. The molecule has 0 spiro atoms. The molecule has 0 aliphatic rings. The Balaban J connectivity index is 1.70. The molecule has 1 amide bonds. The summed E-state index contributed by atoms with van der Waals surface area (Å²) in [5, 5.41) is 8.42.